The fourth-order valence-electron chi connectivity index (χ4n) is 4.15. The number of ether oxygens (including phenoxy) is 1. The summed E-state index contributed by atoms with van der Waals surface area (Å²) in [5.74, 6) is -0.210. The summed E-state index contributed by atoms with van der Waals surface area (Å²) >= 11 is 5.92. The van der Waals surface area contributed by atoms with Crippen LogP contribution in [0.2, 0.25) is 5.02 Å². The molecule has 2 amide bonds. The highest BCUT2D eigenvalue weighted by Crippen LogP contribution is 2.33. The third-order valence-electron chi connectivity index (χ3n) is 5.94. The second-order valence-electron chi connectivity index (χ2n) is 8.36. The molecule has 1 heterocycles. The van der Waals surface area contributed by atoms with Crippen LogP contribution in [0.1, 0.15) is 43.2 Å². The molecule has 2 N–H and O–H groups in total. The normalized spacial score (nSPS) is 18.6. The number of aryl methyl sites for hydroxylation is 1. The fraction of sp³-hybridized carbons (Fsp3) is 0.440. The molecule has 6 nitrogen and oxygen atoms in total. The van der Waals surface area contributed by atoms with Gasteiger partial charge in [0.25, 0.3) is 0 Å². The third-order valence-corrected chi connectivity index (χ3v) is 7.93. The van der Waals surface area contributed by atoms with Crippen molar-refractivity contribution in [1.82, 2.24) is 4.90 Å². The number of hydrogen-bond donors (Lipinski definition) is 1. The van der Waals surface area contributed by atoms with Gasteiger partial charge in [-0.2, -0.15) is 0 Å². The SMILES string of the molecule is COc1ccc(CS(=O)C2C(CC(N)=O)C(=O)N2CCCCCCc2ccc(Cl)cc2)cc1. The zero-order valence-corrected chi connectivity index (χ0v) is 20.4. The second kappa shape index (κ2) is 12.2. The second-order valence-corrected chi connectivity index (χ2v) is 10.3. The van der Waals surface area contributed by atoms with Gasteiger partial charge >= 0.3 is 0 Å². The van der Waals surface area contributed by atoms with Crippen molar-refractivity contribution in [1.29, 1.82) is 0 Å². The van der Waals surface area contributed by atoms with Gasteiger partial charge in [0.05, 0.1) is 18.8 Å². The molecule has 0 spiro atoms. The molecular formula is C25H31ClN2O4S. The minimum absolute atomic E-state index is 0.0601. The molecule has 0 aromatic heterocycles. The van der Waals surface area contributed by atoms with E-state index in [4.69, 9.17) is 22.1 Å². The molecule has 178 valence electrons. The maximum atomic E-state index is 13.1. The molecule has 2 aromatic carbocycles. The number of carbonyl (C=O) groups is 2. The summed E-state index contributed by atoms with van der Waals surface area (Å²) in [4.78, 5) is 25.8. The third kappa shape index (κ3) is 7.05. The van der Waals surface area contributed by atoms with Gasteiger partial charge < -0.3 is 15.4 Å². The maximum absolute atomic E-state index is 13.1. The first-order valence-corrected chi connectivity index (χ1v) is 13.0. The molecule has 1 saturated heterocycles. The van der Waals surface area contributed by atoms with Crippen molar-refractivity contribution in [3.63, 3.8) is 0 Å². The van der Waals surface area contributed by atoms with E-state index >= 15 is 0 Å². The van der Waals surface area contributed by atoms with E-state index in [1.807, 2.05) is 48.5 Å². The number of amides is 2. The van der Waals surface area contributed by atoms with Crippen LogP contribution in [0.5, 0.6) is 5.75 Å². The van der Waals surface area contributed by atoms with E-state index in [1.54, 1.807) is 12.0 Å². The summed E-state index contributed by atoms with van der Waals surface area (Å²) in [5, 5.41) is 0.271. The molecule has 0 saturated carbocycles. The van der Waals surface area contributed by atoms with Gasteiger partial charge in [0, 0.05) is 28.8 Å². The summed E-state index contributed by atoms with van der Waals surface area (Å²) in [5.41, 5.74) is 7.50. The first-order valence-electron chi connectivity index (χ1n) is 11.2. The molecule has 2 aromatic rings. The molecule has 1 aliphatic heterocycles. The topological polar surface area (TPSA) is 89.7 Å². The van der Waals surface area contributed by atoms with Crippen LogP contribution in [0, 0.1) is 5.92 Å². The van der Waals surface area contributed by atoms with Crippen molar-refractivity contribution in [3.8, 4) is 5.75 Å². The lowest BCUT2D eigenvalue weighted by Crippen LogP contribution is -2.63. The van der Waals surface area contributed by atoms with Gasteiger partial charge in [0.15, 0.2) is 0 Å². The summed E-state index contributed by atoms with van der Waals surface area (Å²) in [6.45, 7) is 0.550. The van der Waals surface area contributed by atoms with Crippen molar-refractivity contribution in [2.24, 2.45) is 11.7 Å². The first-order chi connectivity index (χ1) is 15.9. The number of hydrogen-bond acceptors (Lipinski definition) is 4. The number of rotatable bonds is 13. The minimum Gasteiger partial charge on any atom is -0.497 e. The van der Waals surface area contributed by atoms with Crippen molar-refractivity contribution >= 4 is 34.2 Å². The lowest BCUT2D eigenvalue weighted by Gasteiger charge is -2.46. The summed E-state index contributed by atoms with van der Waals surface area (Å²) in [7, 11) is 0.270. The van der Waals surface area contributed by atoms with Crippen LogP contribution >= 0.6 is 11.6 Å². The van der Waals surface area contributed by atoms with Crippen LogP contribution in [-0.4, -0.2) is 40.0 Å². The van der Waals surface area contributed by atoms with Gasteiger partial charge in [-0.25, -0.2) is 0 Å². The van der Waals surface area contributed by atoms with E-state index in [0.717, 1.165) is 48.4 Å². The number of β-lactam (4-membered cyclic amide) rings is 1. The first kappa shape index (κ1) is 25.2. The number of likely N-dealkylation sites (tertiary alicyclic amines) is 1. The highest BCUT2D eigenvalue weighted by molar-refractivity contribution is 7.85. The molecule has 3 rings (SSSR count). The lowest BCUT2D eigenvalue weighted by molar-refractivity contribution is -0.152. The van der Waals surface area contributed by atoms with E-state index < -0.39 is 28.0 Å². The van der Waals surface area contributed by atoms with Crippen LogP contribution < -0.4 is 10.5 Å². The Morgan fingerprint density at radius 3 is 2.30 bits per heavy atom. The number of nitrogens with zero attached hydrogens (tertiary/aromatic N) is 1. The molecule has 0 radical (unpaired) electrons. The number of methoxy groups -OCH3 is 1. The number of benzene rings is 2. The summed E-state index contributed by atoms with van der Waals surface area (Å²) < 4.78 is 18.3. The molecule has 0 bridgehead atoms. The molecular weight excluding hydrogens is 460 g/mol. The average molecular weight is 491 g/mol. The molecule has 8 heteroatoms. The Hall–Kier alpha value is -2.38. The van der Waals surface area contributed by atoms with E-state index in [0.29, 0.717) is 12.3 Å². The minimum atomic E-state index is -1.32. The molecule has 33 heavy (non-hydrogen) atoms. The Balaban J connectivity index is 1.49. The fourth-order valence-corrected chi connectivity index (χ4v) is 6.04. The molecule has 1 fully saturated rings. The van der Waals surface area contributed by atoms with Gasteiger partial charge in [0.1, 0.15) is 11.1 Å². The zero-order valence-electron chi connectivity index (χ0n) is 18.9. The zero-order chi connectivity index (χ0) is 23.8. The van der Waals surface area contributed by atoms with Crippen molar-refractivity contribution < 1.29 is 18.5 Å². The Morgan fingerprint density at radius 1 is 1.03 bits per heavy atom. The number of carbonyl (C=O) groups excluding carboxylic acids is 2. The molecule has 3 atom stereocenters. The Morgan fingerprint density at radius 2 is 1.67 bits per heavy atom. The number of unbranched alkanes of at least 4 members (excludes halogenated alkanes) is 3. The predicted molar refractivity (Wildman–Crippen MR) is 131 cm³/mol. The van der Waals surface area contributed by atoms with E-state index in [2.05, 4.69) is 0 Å². The van der Waals surface area contributed by atoms with Crippen LogP contribution in [0.15, 0.2) is 48.5 Å². The number of halogens is 1. The highest BCUT2D eigenvalue weighted by Gasteiger charge is 2.50. The molecule has 3 unspecified atom stereocenters. The van der Waals surface area contributed by atoms with Crippen molar-refractivity contribution in [3.05, 3.63) is 64.7 Å². The summed E-state index contributed by atoms with van der Waals surface area (Å²) in [6, 6.07) is 15.3. The standard InChI is InChI=1S/C25H31ClN2O4S/c1-32-21-13-9-19(10-14-21)17-33(31)25-22(16-23(27)29)24(30)28(25)15-5-3-2-4-6-18-7-11-20(26)12-8-18/h7-14,22,25H,2-6,15-17H2,1H3,(H2,27,29). The van der Waals surface area contributed by atoms with Gasteiger partial charge in [-0.1, -0.05) is 48.7 Å². The van der Waals surface area contributed by atoms with E-state index in [-0.39, 0.29) is 12.3 Å². The molecule has 1 aliphatic rings. The van der Waals surface area contributed by atoms with E-state index in [1.165, 1.54) is 5.56 Å². The quantitative estimate of drug-likeness (QED) is 0.338. The monoisotopic (exact) mass is 490 g/mol. The Kier molecular flexibility index (Phi) is 9.32. The van der Waals surface area contributed by atoms with E-state index in [9.17, 15) is 13.8 Å². The smallest absolute Gasteiger partial charge is 0.230 e. The van der Waals surface area contributed by atoms with Crippen molar-refractivity contribution in [2.75, 3.05) is 13.7 Å². The lowest BCUT2D eigenvalue weighted by atomic mass is 9.93. The Labute approximate surface area is 202 Å². The largest absolute Gasteiger partial charge is 0.497 e. The number of primary amides is 1. The van der Waals surface area contributed by atoms with Crippen molar-refractivity contribution in [2.45, 2.75) is 49.7 Å². The van der Waals surface area contributed by atoms with Crippen LogP contribution in [-0.2, 0) is 32.6 Å². The van der Waals surface area contributed by atoms with Gasteiger partial charge in [-0.15, -0.1) is 0 Å². The summed E-state index contributed by atoms with van der Waals surface area (Å²) in [6.07, 6.45) is 4.87. The average Bonchev–Trinajstić information content (AvgIpc) is 2.80. The van der Waals surface area contributed by atoms with Gasteiger partial charge in [-0.05, 0) is 54.7 Å². The highest BCUT2D eigenvalue weighted by atomic mass is 35.5. The van der Waals surface area contributed by atoms with Crippen LogP contribution in [0.3, 0.4) is 0 Å². The Bertz CT molecular complexity index is 965. The van der Waals surface area contributed by atoms with Gasteiger partial charge in [0.2, 0.25) is 11.8 Å². The maximum Gasteiger partial charge on any atom is 0.230 e. The van der Waals surface area contributed by atoms with Gasteiger partial charge in [-0.3, -0.25) is 13.8 Å². The van der Waals surface area contributed by atoms with Crippen LogP contribution in [0.25, 0.3) is 0 Å². The molecule has 0 aliphatic carbocycles. The predicted octanol–water partition coefficient (Wildman–Crippen LogP) is 4.06. The number of nitrogens with two attached hydrogens (primary N) is 1. The van der Waals surface area contributed by atoms with Crippen LogP contribution in [0.4, 0.5) is 0 Å².